The van der Waals surface area contributed by atoms with Gasteiger partial charge in [-0.1, -0.05) is 13.8 Å². The summed E-state index contributed by atoms with van der Waals surface area (Å²) in [6, 6.07) is 4.91. The van der Waals surface area contributed by atoms with Crippen LogP contribution in [0.5, 0.6) is 0 Å². The lowest BCUT2D eigenvalue weighted by molar-refractivity contribution is -0.200. The molecule has 1 aliphatic heterocycles. The number of carboxylic acids is 1. The van der Waals surface area contributed by atoms with E-state index in [4.69, 9.17) is 17.8 Å². The number of aliphatic carboxylic acids is 1. The highest BCUT2D eigenvalue weighted by Gasteiger charge is 2.50. The van der Waals surface area contributed by atoms with E-state index in [1.54, 1.807) is 33.8 Å². The maximum absolute atomic E-state index is 13.0. The zero-order valence-corrected chi connectivity index (χ0v) is 22.9. The van der Waals surface area contributed by atoms with Crippen molar-refractivity contribution in [2.24, 2.45) is 5.41 Å². The van der Waals surface area contributed by atoms with Crippen LogP contribution in [0, 0.1) is 16.7 Å². The van der Waals surface area contributed by atoms with E-state index < -0.39 is 51.8 Å². The zero-order chi connectivity index (χ0) is 29.8. The van der Waals surface area contributed by atoms with Crippen molar-refractivity contribution in [1.82, 2.24) is 15.0 Å². The SMILES string of the molecule is [B]C1C(O)=C(c2nc(C3CC(C)(C)OC(C)(C(=O)O)C3)ccc2NC(=O)c2ncc(C#N)[nH]2)C(O)(O)CC1(C)C. The molecule has 2 aromatic heterocycles. The fraction of sp³-hybridized carbons (Fsp3) is 0.519. The number of H-pyrrole nitrogens is 1. The zero-order valence-electron chi connectivity index (χ0n) is 22.9. The van der Waals surface area contributed by atoms with Crippen LogP contribution >= 0.6 is 0 Å². The number of nitrogens with zero attached hydrogens (tertiary/aromatic N) is 3. The summed E-state index contributed by atoms with van der Waals surface area (Å²) in [5.41, 5.74) is -3.27. The third-order valence-electron chi connectivity index (χ3n) is 7.55. The summed E-state index contributed by atoms with van der Waals surface area (Å²) in [7, 11) is 6.28. The molecule has 0 spiro atoms. The Labute approximate surface area is 232 Å². The lowest BCUT2D eigenvalue weighted by Crippen LogP contribution is -2.51. The number of ether oxygens (including phenoxy) is 1. The highest BCUT2D eigenvalue weighted by molar-refractivity contribution is 6.15. The smallest absolute Gasteiger partial charge is 0.335 e. The summed E-state index contributed by atoms with van der Waals surface area (Å²) in [6.07, 6.45) is 1.42. The van der Waals surface area contributed by atoms with Crippen molar-refractivity contribution < 1.29 is 34.8 Å². The maximum Gasteiger partial charge on any atom is 0.335 e. The average molecular weight is 549 g/mol. The van der Waals surface area contributed by atoms with E-state index in [1.165, 1.54) is 19.2 Å². The number of hydrogen-bond acceptors (Lipinski definition) is 9. The van der Waals surface area contributed by atoms with Gasteiger partial charge in [-0.15, -0.1) is 0 Å². The number of anilines is 1. The van der Waals surface area contributed by atoms with Gasteiger partial charge in [-0.05, 0) is 57.0 Å². The molecule has 2 aromatic rings. The van der Waals surface area contributed by atoms with Crippen LogP contribution in [0.3, 0.4) is 0 Å². The summed E-state index contributed by atoms with van der Waals surface area (Å²) in [4.78, 5) is 36.1. The van der Waals surface area contributed by atoms with Crippen LogP contribution in [0.15, 0.2) is 24.1 Å². The van der Waals surface area contributed by atoms with Crippen LogP contribution in [0.4, 0.5) is 5.69 Å². The van der Waals surface area contributed by atoms with Gasteiger partial charge < -0.3 is 35.5 Å². The largest absolute Gasteiger partial charge is 0.512 e. The maximum atomic E-state index is 13.0. The van der Waals surface area contributed by atoms with E-state index in [2.05, 4.69) is 20.3 Å². The highest BCUT2D eigenvalue weighted by atomic mass is 16.5. The fourth-order valence-corrected chi connectivity index (χ4v) is 5.71. The van der Waals surface area contributed by atoms with Gasteiger partial charge in [-0.25, -0.2) is 9.78 Å². The molecule has 0 bridgehead atoms. The van der Waals surface area contributed by atoms with E-state index in [0.717, 1.165) is 0 Å². The number of imidazole rings is 1. The number of carbonyl (C=O) groups excluding carboxylic acids is 1. The fourth-order valence-electron chi connectivity index (χ4n) is 5.71. The molecule has 2 radical (unpaired) electrons. The van der Waals surface area contributed by atoms with Crippen LogP contribution < -0.4 is 5.32 Å². The number of aliphatic hydroxyl groups is 3. The summed E-state index contributed by atoms with van der Waals surface area (Å²) in [5, 5.41) is 54.9. The highest BCUT2D eigenvalue weighted by Crippen LogP contribution is 2.52. The van der Waals surface area contributed by atoms with Crippen LogP contribution in [0.25, 0.3) is 5.57 Å². The monoisotopic (exact) mass is 549 g/mol. The molecule has 210 valence electrons. The number of aromatic amines is 1. The normalized spacial score (nSPS) is 27.1. The van der Waals surface area contributed by atoms with Gasteiger partial charge in [0.05, 0.1) is 42.4 Å². The number of pyridine rings is 1. The second kappa shape index (κ2) is 9.73. The standard InChI is InChI=1S/C27H32BN5O7/c1-24(2)12-27(38,39)17(19(34)20(24)28)18-16(33-22(35)21-30-11-14(10-29)31-21)7-6-15(32-18)13-8-25(3,4)40-26(5,9-13)23(36)37/h6-7,11,13,20,34,38-39H,8-9,12H2,1-5H3,(H,30,31)(H,33,35)(H,36,37). The molecule has 3 heterocycles. The lowest BCUT2D eigenvalue weighted by Gasteiger charge is -2.45. The van der Waals surface area contributed by atoms with Crippen molar-refractivity contribution >= 4 is 31.0 Å². The first-order chi connectivity index (χ1) is 18.4. The summed E-state index contributed by atoms with van der Waals surface area (Å²) < 4.78 is 5.88. The van der Waals surface area contributed by atoms with E-state index in [1.807, 2.05) is 6.07 Å². The Morgan fingerprint density at radius 3 is 2.48 bits per heavy atom. The van der Waals surface area contributed by atoms with Gasteiger partial charge in [-0.3, -0.25) is 9.78 Å². The lowest BCUT2D eigenvalue weighted by atomic mass is 9.58. The van der Waals surface area contributed by atoms with Gasteiger partial charge in [0.25, 0.3) is 5.91 Å². The number of aromatic nitrogens is 3. The van der Waals surface area contributed by atoms with Gasteiger partial charge in [0.2, 0.25) is 0 Å². The molecular formula is C27H32BN5O7. The van der Waals surface area contributed by atoms with Crippen molar-refractivity contribution in [3.63, 3.8) is 0 Å². The number of rotatable bonds is 5. The summed E-state index contributed by atoms with van der Waals surface area (Å²) >= 11 is 0. The quantitative estimate of drug-likeness (QED) is 0.238. The Morgan fingerprint density at radius 2 is 1.88 bits per heavy atom. The van der Waals surface area contributed by atoms with Crippen molar-refractivity contribution in [2.75, 3.05) is 5.32 Å². The van der Waals surface area contributed by atoms with Crippen LogP contribution in [-0.2, 0) is 9.53 Å². The molecule has 0 aromatic carbocycles. The van der Waals surface area contributed by atoms with Gasteiger partial charge in [0.1, 0.15) is 11.8 Å². The molecule has 40 heavy (non-hydrogen) atoms. The number of nitrogens with one attached hydrogen (secondary N) is 2. The Bertz CT molecular complexity index is 1440. The third-order valence-corrected chi connectivity index (χ3v) is 7.55. The first kappa shape index (κ1) is 29.3. The van der Waals surface area contributed by atoms with E-state index in [9.17, 15) is 30.0 Å². The number of aliphatic hydroxyl groups excluding tert-OH is 1. The van der Waals surface area contributed by atoms with Crippen LogP contribution in [-0.4, -0.2) is 72.1 Å². The van der Waals surface area contributed by atoms with E-state index in [-0.39, 0.29) is 41.3 Å². The molecule has 13 heteroatoms. The van der Waals surface area contributed by atoms with Crippen molar-refractivity contribution in [1.29, 1.82) is 5.26 Å². The third kappa shape index (κ3) is 5.34. The van der Waals surface area contributed by atoms with Gasteiger partial charge in [-0.2, -0.15) is 5.26 Å². The predicted molar refractivity (Wildman–Crippen MR) is 143 cm³/mol. The second-order valence-corrected chi connectivity index (χ2v) is 12.1. The topological polar surface area (TPSA) is 202 Å². The predicted octanol–water partition coefficient (Wildman–Crippen LogP) is 2.78. The van der Waals surface area contributed by atoms with Gasteiger partial charge in [0.15, 0.2) is 17.2 Å². The number of allylic oxidation sites excluding steroid dienone is 1. The number of carbonyl (C=O) groups is 2. The molecule has 12 nitrogen and oxygen atoms in total. The van der Waals surface area contributed by atoms with Crippen LogP contribution in [0.2, 0.25) is 5.82 Å². The summed E-state index contributed by atoms with van der Waals surface area (Å²) in [6.45, 7) is 8.40. The van der Waals surface area contributed by atoms with Gasteiger partial charge in [0, 0.05) is 18.0 Å². The Kier molecular flexibility index (Phi) is 7.11. The number of carboxylic acid groups (broad SMARTS) is 1. The molecule has 3 unspecified atom stereocenters. The molecule has 4 rings (SSSR count). The van der Waals surface area contributed by atoms with Gasteiger partial charge >= 0.3 is 5.97 Å². The molecular weight excluding hydrogens is 517 g/mol. The first-order valence-electron chi connectivity index (χ1n) is 12.7. The van der Waals surface area contributed by atoms with Crippen molar-refractivity contribution in [3.05, 3.63) is 47.0 Å². The minimum atomic E-state index is -2.57. The molecule has 1 amide bonds. The number of nitriles is 1. The molecule has 6 N–H and O–H groups in total. The van der Waals surface area contributed by atoms with Crippen molar-refractivity contribution in [3.8, 4) is 6.07 Å². The Balaban J connectivity index is 1.86. The molecule has 2 aliphatic rings. The Morgan fingerprint density at radius 1 is 1.20 bits per heavy atom. The molecule has 1 aliphatic carbocycles. The molecule has 1 fully saturated rings. The first-order valence-corrected chi connectivity index (χ1v) is 12.7. The molecule has 0 saturated carbocycles. The minimum Gasteiger partial charge on any atom is -0.512 e. The average Bonchev–Trinajstić information content (AvgIpc) is 3.31. The van der Waals surface area contributed by atoms with E-state index in [0.29, 0.717) is 12.1 Å². The van der Waals surface area contributed by atoms with E-state index >= 15 is 0 Å². The van der Waals surface area contributed by atoms with Crippen molar-refractivity contribution in [2.45, 2.75) is 82.6 Å². The number of hydrogen-bond donors (Lipinski definition) is 6. The minimum absolute atomic E-state index is 0.0110. The molecule has 3 atom stereocenters. The Hall–Kier alpha value is -3.73. The summed E-state index contributed by atoms with van der Waals surface area (Å²) in [5.74, 6) is -6.54. The number of amides is 1. The molecule has 1 saturated heterocycles. The van der Waals surface area contributed by atoms with Crippen LogP contribution in [0.1, 0.15) is 87.5 Å². The second-order valence-electron chi connectivity index (χ2n) is 12.1.